The standard InChI is InChI=1S/C15H15F2N3O2/c1-9-4-5-20-13(18-9)7-14(19-15(20)21)22-8-10-2-3-11(16)12(17)6-10/h2-3,6-7,9,18H,4-5,8H2,1H3/t9-/m0/s1. The lowest BCUT2D eigenvalue weighted by atomic mass is 10.2. The second kappa shape index (κ2) is 5.75. The van der Waals surface area contributed by atoms with E-state index in [4.69, 9.17) is 4.74 Å². The molecule has 0 amide bonds. The highest BCUT2D eigenvalue weighted by atomic mass is 19.2. The van der Waals surface area contributed by atoms with Gasteiger partial charge in [-0.3, -0.25) is 4.57 Å². The van der Waals surface area contributed by atoms with Crippen molar-refractivity contribution in [1.82, 2.24) is 9.55 Å². The number of hydrogen-bond donors (Lipinski definition) is 1. The van der Waals surface area contributed by atoms with E-state index in [2.05, 4.69) is 10.3 Å². The van der Waals surface area contributed by atoms with Gasteiger partial charge in [0.15, 0.2) is 11.6 Å². The van der Waals surface area contributed by atoms with Crippen molar-refractivity contribution < 1.29 is 13.5 Å². The van der Waals surface area contributed by atoms with Crippen molar-refractivity contribution in [1.29, 1.82) is 0 Å². The number of benzene rings is 1. The quantitative estimate of drug-likeness (QED) is 0.945. The number of halogens is 2. The number of nitrogens with zero attached hydrogens (tertiary/aromatic N) is 2. The minimum atomic E-state index is -0.935. The molecule has 2 aromatic rings. The van der Waals surface area contributed by atoms with E-state index in [1.54, 1.807) is 10.6 Å². The first-order valence-electron chi connectivity index (χ1n) is 6.98. The molecule has 1 aromatic carbocycles. The third kappa shape index (κ3) is 2.93. The van der Waals surface area contributed by atoms with Crippen molar-refractivity contribution in [2.24, 2.45) is 0 Å². The Morgan fingerprint density at radius 3 is 2.95 bits per heavy atom. The number of fused-ring (bicyclic) bond motifs is 1. The van der Waals surface area contributed by atoms with Gasteiger partial charge < -0.3 is 10.1 Å². The number of nitrogens with one attached hydrogen (secondary N) is 1. The Labute approximate surface area is 125 Å². The summed E-state index contributed by atoms with van der Waals surface area (Å²) in [6.45, 7) is 2.64. The first kappa shape index (κ1) is 14.5. The van der Waals surface area contributed by atoms with E-state index >= 15 is 0 Å². The van der Waals surface area contributed by atoms with Crippen LogP contribution in [-0.2, 0) is 13.2 Å². The van der Waals surface area contributed by atoms with Crippen LogP contribution in [0.4, 0.5) is 14.6 Å². The predicted molar refractivity (Wildman–Crippen MR) is 76.9 cm³/mol. The smallest absolute Gasteiger partial charge is 0.352 e. The Morgan fingerprint density at radius 1 is 1.36 bits per heavy atom. The molecule has 1 aliphatic rings. The van der Waals surface area contributed by atoms with Crippen molar-refractivity contribution in [3.05, 3.63) is 51.9 Å². The molecule has 22 heavy (non-hydrogen) atoms. The molecule has 3 rings (SSSR count). The minimum absolute atomic E-state index is 0.00263. The van der Waals surface area contributed by atoms with Crippen LogP contribution in [0.25, 0.3) is 0 Å². The molecule has 0 aliphatic carbocycles. The van der Waals surface area contributed by atoms with Gasteiger partial charge in [-0.2, -0.15) is 4.98 Å². The van der Waals surface area contributed by atoms with Crippen LogP contribution in [0.1, 0.15) is 18.9 Å². The van der Waals surface area contributed by atoms with E-state index < -0.39 is 17.3 Å². The normalized spacial score (nSPS) is 16.8. The minimum Gasteiger partial charge on any atom is -0.473 e. The maximum atomic E-state index is 13.1. The molecule has 116 valence electrons. The largest absolute Gasteiger partial charge is 0.473 e. The molecule has 0 saturated heterocycles. The van der Waals surface area contributed by atoms with E-state index in [-0.39, 0.29) is 18.5 Å². The van der Waals surface area contributed by atoms with E-state index in [1.807, 2.05) is 6.92 Å². The average Bonchev–Trinajstić information content (AvgIpc) is 2.48. The van der Waals surface area contributed by atoms with Gasteiger partial charge in [0.25, 0.3) is 0 Å². The zero-order chi connectivity index (χ0) is 15.7. The maximum Gasteiger partial charge on any atom is 0.352 e. The van der Waals surface area contributed by atoms with Gasteiger partial charge in [0.05, 0.1) is 0 Å². The third-order valence-electron chi connectivity index (χ3n) is 3.54. The topological polar surface area (TPSA) is 56.2 Å². The highest BCUT2D eigenvalue weighted by Crippen LogP contribution is 2.20. The van der Waals surface area contributed by atoms with E-state index in [9.17, 15) is 13.6 Å². The van der Waals surface area contributed by atoms with Gasteiger partial charge in [-0.15, -0.1) is 0 Å². The molecule has 0 unspecified atom stereocenters. The van der Waals surface area contributed by atoms with Gasteiger partial charge in [-0.1, -0.05) is 6.07 Å². The fourth-order valence-electron chi connectivity index (χ4n) is 2.33. The molecule has 1 aromatic heterocycles. The molecule has 1 aliphatic heterocycles. The number of rotatable bonds is 3. The molecule has 0 fully saturated rings. The molecule has 1 N–H and O–H groups in total. The van der Waals surface area contributed by atoms with Gasteiger partial charge in [0.1, 0.15) is 12.4 Å². The number of anilines is 1. The summed E-state index contributed by atoms with van der Waals surface area (Å²) < 4.78 is 32.9. The summed E-state index contributed by atoms with van der Waals surface area (Å²) >= 11 is 0. The summed E-state index contributed by atoms with van der Waals surface area (Å²) in [6, 6.07) is 5.41. The van der Waals surface area contributed by atoms with Gasteiger partial charge in [-0.25, -0.2) is 13.6 Å². The number of ether oxygens (including phenoxy) is 1. The van der Waals surface area contributed by atoms with Crippen molar-refractivity contribution in [3.63, 3.8) is 0 Å². The summed E-state index contributed by atoms with van der Waals surface area (Å²) in [6.07, 6.45) is 0.851. The van der Waals surface area contributed by atoms with Gasteiger partial charge in [-0.05, 0) is 31.0 Å². The first-order valence-corrected chi connectivity index (χ1v) is 6.98. The summed E-state index contributed by atoms with van der Waals surface area (Å²) in [7, 11) is 0. The van der Waals surface area contributed by atoms with Crippen LogP contribution in [0.3, 0.4) is 0 Å². The zero-order valence-electron chi connectivity index (χ0n) is 12.0. The lowest BCUT2D eigenvalue weighted by Crippen LogP contribution is -2.34. The summed E-state index contributed by atoms with van der Waals surface area (Å²) in [4.78, 5) is 15.8. The molecule has 2 heterocycles. The van der Waals surface area contributed by atoms with Crippen molar-refractivity contribution in [2.45, 2.75) is 32.5 Å². The van der Waals surface area contributed by atoms with Gasteiger partial charge in [0, 0.05) is 18.7 Å². The van der Waals surface area contributed by atoms with Crippen molar-refractivity contribution >= 4 is 5.82 Å². The van der Waals surface area contributed by atoms with Crippen LogP contribution in [-0.4, -0.2) is 15.6 Å². The lowest BCUT2D eigenvalue weighted by molar-refractivity contribution is 0.289. The van der Waals surface area contributed by atoms with Crippen LogP contribution in [0.5, 0.6) is 5.88 Å². The Hall–Kier alpha value is -2.44. The van der Waals surface area contributed by atoms with E-state index in [0.717, 1.165) is 18.6 Å². The summed E-state index contributed by atoms with van der Waals surface area (Å²) in [5.41, 5.74) is 0.0667. The fourth-order valence-corrected chi connectivity index (χ4v) is 2.33. The third-order valence-corrected chi connectivity index (χ3v) is 3.54. The van der Waals surface area contributed by atoms with Gasteiger partial charge in [0.2, 0.25) is 5.88 Å². The van der Waals surface area contributed by atoms with Crippen LogP contribution >= 0.6 is 0 Å². The Balaban J connectivity index is 1.78. The maximum absolute atomic E-state index is 13.1. The monoisotopic (exact) mass is 307 g/mol. The molecular weight excluding hydrogens is 292 g/mol. The molecule has 1 atom stereocenters. The average molecular weight is 307 g/mol. The van der Waals surface area contributed by atoms with Crippen molar-refractivity contribution in [2.75, 3.05) is 5.32 Å². The first-order chi connectivity index (χ1) is 10.5. The van der Waals surface area contributed by atoms with Crippen LogP contribution in [0.2, 0.25) is 0 Å². The summed E-state index contributed by atoms with van der Waals surface area (Å²) in [5, 5.41) is 3.19. The number of hydrogen-bond acceptors (Lipinski definition) is 4. The molecule has 0 bridgehead atoms. The van der Waals surface area contributed by atoms with Crippen molar-refractivity contribution in [3.8, 4) is 5.88 Å². The molecule has 7 heteroatoms. The van der Waals surface area contributed by atoms with Crippen LogP contribution in [0.15, 0.2) is 29.1 Å². The number of aromatic nitrogens is 2. The predicted octanol–water partition coefficient (Wildman–Crippen LogP) is 2.30. The second-order valence-electron chi connectivity index (χ2n) is 5.29. The zero-order valence-corrected chi connectivity index (χ0v) is 12.0. The molecule has 0 saturated carbocycles. The molecule has 5 nitrogen and oxygen atoms in total. The summed E-state index contributed by atoms with van der Waals surface area (Å²) in [5.74, 6) is -1.04. The Kier molecular flexibility index (Phi) is 3.79. The van der Waals surface area contributed by atoms with Crippen LogP contribution < -0.4 is 15.7 Å². The van der Waals surface area contributed by atoms with E-state index in [0.29, 0.717) is 17.9 Å². The van der Waals surface area contributed by atoms with Gasteiger partial charge >= 0.3 is 5.69 Å². The molecule has 0 radical (unpaired) electrons. The second-order valence-corrected chi connectivity index (χ2v) is 5.29. The Bertz CT molecular complexity index is 761. The molecule has 0 spiro atoms. The lowest BCUT2D eigenvalue weighted by Gasteiger charge is -2.25. The Morgan fingerprint density at radius 2 is 2.18 bits per heavy atom. The SMILES string of the molecule is C[C@H]1CCn2c(cc(OCc3ccc(F)c(F)c3)nc2=O)N1. The molecular formula is C15H15F2N3O2. The highest BCUT2D eigenvalue weighted by Gasteiger charge is 2.17. The fraction of sp³-hybridized carbons (Fsp3) is 0.333. The van der Waals surface area contributed by atoms with E-state index in [1.165, 1.54) is 6.07 Å². The van der Waals surface area contributed by atoms with Crippen LogP contribution in [0, 0.1) is 11.6 Å². The highest BCUT2D eigenvalue weighted by molar-refractivity contribution is 5.41.